The number of rotatable bonds is 7. The van der Waals surface area contributed by atoms with Gasteiger partial charge in [0, 0.05) is 17.3 Å². The summed E-state index contributed by atoms with van der Waals surface area (Å²) >= 11 is 0.516. The summed E-state index contributed by atoms with van der Waals surface area (Å²) in [5, 5.41) is 23.2. The van der Waals surface area contributed by atoms with Crippen molar-refractivity contribution < 1.29 is 33.5 Å². The van der Waals surface area contributed by atoms with Crippen molar-refractivity contribution in [1.29, 1.82) is 0 Å². The van der Waals surface area contributed by atoms with Crippen molar-refractivity contribution >= 4 is 46.3 Å². The van der Waals surface area contributed by atoms with Gasteiger partial charge in [-0.3, -0.25) is 29.4 Å². The summed E-state index contributed by atoms with van der Waals surface area (Å²) in [6, 6.07) is 7.00. The van der Waals surface area contributed by atoms with Gasteiger partial charge < -0.3 is 15.2 Å². The van der Waals surface area contributed by atoms with Crippen LogP contribution >= 0.6 is 11.8 Å². The summed E-state index contributed by atoms with van der Waals surface area (Å²) in [6.45, 7) is 1.17. The molecule has 0 aliphatic carbocycles. The standard InChI is InChI=1S/C20H16FN3O7S/c1-2-31-15-9-14(24(29)30)7-11(18(15)26)8-16-19(27)23(20(28)32-16)10-17(25)22-13-5-3-12(21)4-6-13/h3-9,26H,2,10H2,1H3,(H,22,25)/b16-8-. The molecule has 1 saturated heterocycles. The number of carbonyl (C=O) groups excluding carboxylic acids is 3. The van der Waals surface area contributed by atoms with Crippen LogP contribution in [0.15, 0.2) is 41.3 Å². The summed E-state index contributed by atoms with van der Waals surface area (Å²) in [6.07, 6.45) is 1.12. The number of nitrogens with zero attached hydrogens (tertiary/aromatic N) is 2. The van der Waals surface area contributed by atoms with Crippen molar-refractivity contribution in [3.05, 3.63) is 62.8 Å². The fraction of sp³-hybridized carbons (Fsp3) is 0.150. The van der Waals surface area contributed by atoms with Gasteiger partial charge >= 0.3 is 0 Å². The smallest absolute Gasteiger partial charge is 0.294 e. The van der Waals surface area contributed by atoms with Crippen molar-refractivity contribution in [2.24, 2.45) is 0 Å². The highest BCUT2D eigenvalue weighted by Crippen LogP contribution is 2.39. The number of nitro groups is 1. The van der Waals surface area contributed by atoms with Crippen LogP contribution in [0.25, 0.3) is 6.08 Å². The average molecular weight is 461 g/mol. The molecule has 0 unspecified atom stereocenters. The van der Waals surface area contributed by atoms with E-state index in [1.807, 2.05) is 0 Å². The molecule has 3 amide bonds. The lowest BCUT2D eigenvalue weighted by Gasteiger charge is -2.12. The number of non-ortho nitro benzene ring substituents is 1. The summed E-state index contributed by atoms with van der Waals surface area (Å²) in [4.78, 5) is 48.1. The molecule has 166 valence electrons. The van der Waals surface area contributed by atoms with Gasteiger partial charge in [-0.25, -0.2) is 4.39 Å². The van der Waals surface area contributed by atoms with Crippen LogP contribution in [-0.2, 0) is 9.59 Å². The van der Waals surface area contributed by atoms with Gasteiger partial charge in [0.25, 0.3) is 16.8 Å². The Kier molecular flexibility index (Phi) is 6.73. The molecule has 1 heterocycles. The maximum absolute atomic E-state index is 13.0. The highest BCUT2D eigenvalue weighted by atomic mass is 32.2. The lowest BCUT2D eigenvalue weighted by molar-refractivity contribution is -0.385. The van der Waals surface area contributed by atoms with E-state index < -0.39 is 40.1 Å². The number of thioether (sulfide) groups is 1. The van der Waals surface area contributed by atoms with Gasteiger partial charge in [-0.1, -0.05) is 0 Å². The molecule has 1 aliphatic heterocycles. The zero-order valence-electron chi connectivity index (χ0n) is 16.5. The minimum Gasteiger partial charge on any atom is -0.504 e. The fourth-order valence-electron chi connectivity index (χ4n) is 2.75. The van der Waals surface area contributed by atoms with E-state index in [-0.39, 0.29) is 34.2 Å². The summed E-state index contributed by atoms with van der Waals surface area (Å²) in [7, 11) is 0. The van der Waals surface area contributed by atoms with E-state index in [9.17, 15) is 34.0 Å². The van der Waals surface area contributed by atoms with Gasteiger partial charge in [0.15, 0.2) is 11.5 Å². The first kappa shape index (κ1) is 22.7. The third kappa shape index (κ3) is 5.03. The van der Waals surface area contributed by atoms with Gasteiger partial charge in [-0.05, 0) is 49.0 Å². The highest BCUT2D eigenvalue weighted by molar-refractivity contribution is 8.18. The first-order valence-corrected chi connectivity index (χ1v) is 9.96. The van der Waals surface area contributed by atoms with E-state index in [0.29, 0.717) is 16.7 Å². The molecule has 2 aromatic carbocycles. The number of nitro benzene ring substituents is 1. The molecule has 0 saturated carbocycles. The summed E-state index contributed by atoms with van der Waals surface area (Å²) in [5.74, 6) is -2.56. The van der Waals surface area contributed by atoms with Crippen molar-refractivity contribution in [2.75, 3.05) is 18.5 Å². The molecule has 0 aromatic heterocycles. The minimum atomic E-state index is -0.807. The Morgan fingerprint density at radius 2 is 2.00 bits per heavy atom. The molecule has 2 aromatic rings. The van der Waals surface area contributed by atoms with Gasteiger partial charge in [-0.15, -0.1) is 0 Å². The van der Waals surface area contributed by atoms with Crippen molar-refractivity contribution in [1.82, 2.24) is 4.90 Å². The first-order chi connectivity index (χ1) is 15.2. The molecule has 1 fully saturated rings. The van der Waals surface area contributed by atoms with Crippen LogP contribution in [0.5, 0.6) is 11.5 Å². The molecule has 0 atom stereocenters. The van der Waals surface area contributed by atoms with Crippen LogP contribution in [0.1, 0.15) is 12.5 Å². The molecule has 3 rings (SSSR count). The van der Waals surface area contributed by atoms with E-state index in [1.165, 1.54) is 12.1 Å². The summed E-state index contributed by atoms with van der Waals surface area (Å²) < 4.78 is 18.1. The molecule has 0 spiro atoms. The van der Waals surface area contributed by atoms with E-state index in [2.05, 4.69) is 5.32 Å². The van der Waals surface area contributed by atoms with Gasteiger partial charge in [0.1, 0.15) is 12.4 Å². The maximum Gasteiger partial charge on any atom is 0.294 e. The Morgan fingerprint density at radius 1 is 1.31 bits per heavy atom. The Morgan fingerprint density at radius 3 is 2.62 bits per heavy atom. The number of halogens is 1. The predicted octanol–water partition coefficient (Wildman–Crippen LogP) is 3.51. The number of nitrogens with one attached hydrogen (secondary N) is 1. The number of anilines is 1. The predicted molar refractivity (Wildman–Crippen MR) is 114 cm³/mol. The molecule has 12 heteroatoms. The van der Waals surface area contributed by atoms with Gasteiger partial charge in [-0.2, -0.15) is 0 Å². The maximum atomic E-state index is 13.0. The monoisotopic (exact) mass is 461 g/mol. The number of aromatic hydroxyl groups is 1. The fourth-order valence-corrected chi connectivity index (χ4v) is 3.58. The number of ether oxygens (including phenoxy) is 1. The lowest BCUT2D eigenvalue weighted by Crippen LogP contribution is -2.36. The molecular formula is C20H16FN3O7S. The van der Waals surface area contributed by atoms with Crippen molar-refractivity contribution in [2.45, 2.75) is 6.92 Å². The number of phenolic OH excluding ortho intramolecular Hbond substituents is 1. The molecule has 10 nitrogen and oxygen atoms in total. The number of hydrogen-bond donors (Lipinski definition) is 2. The van der Waals surface area contributed by atoms with Crippen LogP contribution < -0.4 is 10.1 Å². The van der Waals surface area contributed by atoms with Crippen LogP contribution in [-0.4, -0.2) is 45.1 Å². The first-order valence-electron chi connectivity index (χ1n) is 9.14. The quantitative estimate of drug-likeness (QED) is 0.363. The zero-order chi connectivity index (χ0) is 23.4. The molecule has 0 bridgehead atoms. The van der Waals surface area contributed by atoms with E-state index in [4.69, 9.17) is 4.74 Å². The Bertz CT molecular complexity index is 1130. The number of carbonyl (C=O) groups is 3. The molecule has 32 heavy (non-hydrogen) atoms. The number of benzene rings is 2. The largest absolute Gasteiger partial charge is 0.504 e. The van der Waals surface area contributed by atoms with Crippen LogP contribution in [0, 0.1) is 15.9 Å². The van der Waals surface area contributed by atoms with Crippen molar-refractivity contribution in [3.8, 4) is 11.5 Å². The average Bonchev–Trinajstić information content (AvgIpc) is 2.99. The minimum absolute atomic E-state index is 0.0936. The number of phenols is 1. The van der Waals surface area contributed by atoms with E-state index in [1.54, 1.807) is 6.92 Å². The highest BCUT2D eigenvalue weighted by Gasteiger charge is 2.36. The second-order valence-corrected chi connectivity index (χ2v) is 7.39. The molecule has 0 radical (unpaired) electrons. The second kappa shape index (κ2) is 9.47. The Labute approximate surface area is 184 Å². The summed E-state index contributed by atoms with van der Waals surface area (Å²) in [5.41, 5.74) is -0.191. The van der Waals surface area contributed by atoms with Gasteiger partial charge in [0.2, 0.25) is 5.91 Å². The van der Waals surface area contributed by atoms with Crippen molar-refractivity contribution in [3.63, 3.8) is 0 Å². The molecular weight excluding hydrogens is 445 g/mol. The lowest BCUT2D eigenvalue weighted by atomic mass is 10.1. The van der Waals surface area contributed by atoms with Crippen LogP contribution in [0.2, 0.25) is 0 Å². The SMILES string of the molecule is CCOc1cc([N+](=O)[O-])cc(/C=C2\SC(=O)N(CC(=O)Nc3ccc(F)cc3)C2=O)c1O. The van der Waals surface area contributed by atoms with Gasteiger partial charge in [0.05, 0.1) is 22.5 Å². The Hall–Kier alpha value is -3.93. The third-order valence-electron chi connectivity index (χ3n) is 4.19. The zero-order valence-corrected chi connectivity index (χ0v) is 17.3. The number of imide groups is 1. The number of amides is 3. The molecule has 2 N–H and O–H groups in total. The topological polar surface area (TPSA) is 139 Å². The van der Waals surface area contributed by atoms with Crippen LogP contribution in [0.3, 0.4) is 0 Å². The Balaban J connectivity index is 1.81. The van der Waals surface area contributed by atoms with E-state index in [0.717, 1.165) is 30.3 Å². The normalized spacial score (nSPS) is 14.7. The van der Waals surface area contributed by atoms with Crippen LogP contribution in [0.4, 0.5) is 20.6 Å². The van der Waals surface area contributed by atoms with E-state index >= 15 is 0 Å². The molecule has 1 aliphatic rings. The number of hydrogen-bond acceptors (Lipinski definition) is 8. The second-order valence-electron chi connectivity index (χ2n) is 6.39. The third-order valence-corrected chi connectivity index (χ3v) is 5.10.